The van der Waals surface area contributed by atoms with Gasteiger partial charge in [-0.25, -0.2) is 4.79 Å². The number of carbonyl (C=O) groups excluding carboxylic acids is 1. The Morgan fingerprint density at radius 2 is 1.79 bits per heavy atom. The molecule has 0 radical (unpaired) electrons. The average Bonchev–Trinajstić information content (AvgIpc) is 2.20. The van der Waals surface area contributed by atoms with Crippen molar-refractivity contribution in [2.45, 2.75) is 14.4 Å². The Morgan fingerprint density at radius 1 is 1.29 bits per heavy atom. The van der Waals surface area contributed by atoms with Crippen LogP contribution in [0.4, 0.5) is 0 Å². The van der Waals surface area contributed by atoms with Crippen molar-refractivity contribution in [3.63, 3.8) is 0 Å². The number of ether oxygens (including phenoxy) is 1. The molecule has 0 amide bonds. The second-order valence-electron chi connectivity index (χ2n) is 2.31. The highest BCUT2D eigenvalue weighted by molar-refractivity contribution is 5.90. The molecular weight excluding hydrogens is 180 g/mol. The second kappa shape index (κ2) is 8.26. The molecule has 0 aliphatic heterocycles. The molecule has 0 saturated carbocycles. The van der Waals surface area contributed by atoms with Crippen LogP contribution in [-0.2, 0) is 4.74 Å². The van der Waals surface area contributed by atoms with Crippen LogP contribution in [0.2, 0.25) is 0 Å². The van der Waals surface area contributed by atoms with Crippen LogP contribution in [0.3, 0.4) is 0 Å². The highest BCUT2D eigenvalue weighted by Gasteiger charge is 2.05. The van der Waals surface area contributed by atoms with Crippen LogP contribution in [0.1, 0.15) is 23.3 Å². The molecule has 0 aliphatic rings. The summed E-state index contributed by atoms with van der Waals surface area (Å²) in [5.41, 5.74) is 1.58. The summed E-state index contributed by atoms with van der Waals surface area (Å²) >= 11 is 0. The van der Waals surface area contributed by atoms with E-state index in [-0.39, 0.29) is 13.4 Å². The molecule has 1 rings (SSSR count). The van der Waals surface area contributed by atoms with Crippen LogP contribution in [0, 0.1) is 6.92 Å². The SMILES string of the molecule is C.CO.COC(=O)c1ccccc1C. The first-order valence-electron chi connectivity index (χ1n) is 3.84. The molecule has 0 bridgehead atoms. The minimum Gasteiger partial charge on any atom is -0.465 e. The van der Waals surface area contributed by atoms with E-state index in [1.54, 1.807) is 6.07 Å². The maximum absolute atomic E-state index is 11.0. The van der Waals surface area contributed by atoms with Crippen LogP contribution < -0.4 is 0 Å². The molecule has 0 atom stereocenters. The molecule has 14 heavy (non-hydrogen) atoms. The average molecular weight is 198 g/mol. The molecule has 0 unspecified atom stereocenters. The van der Waals surface area contributed by atoms with Crippen LogP contribution in [0.25, 0.3) is 0 Å². The van der Waals surface area contributed by atoms with Crippen LogP contribution in [-0.4, -0.2) is 25.3 Å². The summed E-state index contributed by atoms with van der Waals surface area (Å²) in [5, 5.41) is 7.00. The van der Waals surface area contributed by atoms with Crippen molar-refractivity contribution < 1.29 is 14.6 Å². The van der Waals surface area contributed by atoms with Gasteiger partial charge in [0.15, 0.2) is 0 Å². The number of hydrogen-bond donors (Lipinski definition) is 1. The monoisotopic (exact) mass is 198 g/mol. The van der Waals surface area contributed by atoms with Gasteiger partial charge in [0.05, 0.1) is 12.7 Å². The quantitative estimate of drug-likeness (QED) is 0.702. The topological polar surface area (TPSA) is 46.5 Å². The zero-order valence-electron chi connectivity index (χ0n) is 8.07. The van der Waals surface area contributed by atoms with E-state index in [1.165, 1.54) is 7.11 Å². The van der Waals surface area contributed by atoms with Gasteiger partial charge in [0, 0.05) is 7.11 Å². The number of aryl methyl sites for hydroxylation is 1. The summed E-state index contributed by atoms with van der Waals surface area (Å²) in [6.45, 7) is 1.88. The number of aliphatic hydroxyl groups is 1. The smallest absolute Gasteiger partial charge is 0.338 e. The summed E-state index contributed by atoms with van der Waals surface area (Å²) < 4.78 is 4.58. The number of rotatable bonds is 1. The Hall–Kier alpha value is -1.35. The molecular formula is C11H18O3. The molecule has 3 heteroatoms. The standard InChI is InChI=1S/C9H10O2.CH4O.CH4/c1-7-5-3-4-6-8(7)9(10)11-2;1-2;/h3-6H,1-2H3;2H,1H3;1H4. The Bertz CT molecular complexity index is 269. The summed E-state index contributed by atoms with van der Waals surface area (Å²) in [4.78, 5) is 11.0. The molecule has 0 heterocycles. The van der Waals surface area contributed by atoms with E-state index in [4.69, 9.17) is 5.11 Å². The first-order valence-corrected chi connectivity index (χ1v) is 3.84. The normalized spacial score (nSPS) is 7.71. The molecule has 0 spiro atoms. The maximum Gasteiger partial charge on any atom is 0.338 e. The number of esters is 1. The second-order valence-corrected chi connectivity index (χ2v) is 2.31. The van der Waals surface area contributed by atoms with Gasteiger partial charge in [0.1, 0.15) is 0 Å². The van der Waals surface area contributed by atoms with Crippen LogP contribution in [0.5, 0.6) is 0 Å². The fraction of sp³-hybridized carbons (Fsp3) is 0.364. The van der Waals surface area contributed by atoms with Crippen molar-refractivity contribution in [2.24, 2.45) is 0 Å². The Balaban J connectivity index is 0. The Kier molecular flexibility index (Phi) is 8.93. The lowest BCUT2D eigenvalue weighted by atomic mass is 10.1. The fourth-order valence-electron chi connectivity index (χ4n) is 0.912. The Labute approximate surface area is 85.3 Å². The lowest BCUT2D eigenvalue weighted by Gasteiger charge is -2.00. The molecule has 1 aromatic carbocycles. The molecule has 80 valence electrons. The lowest BCUT2D eigenvalue weighted by molar-refractivity contribution is 0.0600. The van der Waals surface area contributed by atoms with E-state index >= 15 is 0 Å². The molecule has 1 aromatic rings. The zero-order valence-corrected chi connectivity index (χ0v) is 8.07. The van der Waals surface area contributed by atoms with E-state index in [2.05, 4.69) is 4.74 Å². The van der Waals surface area contributed by atoms with Gasteiger partial charge in [-0.15, -0.1) is 0 Å². The van der Waals surface area contributed by atoms with Gasteiger partial charge >= 0.3 is 5.97 Å². The third kappa shape index (κ3) is 4.05. The summed E-state index contributed by atoms with van der Waals surface area (Å²) in [6.07, 6.45) is 0. The van der Waals surface area contributed by atoms with Gasteiger partial charge in [0.25, 0.3) is 0 Å². The van der Waals surface area contributed by atoms with Crippen molar-refractivity contribution in [1.82, 2.24) is 0 Å². The maximum atomic E-state index is 11.0. The molecule has 0 aliphatic carbocycles. The van der Waals surface area contributed by atoms with E-state index in [0.717, 1.165) is 12.7 Å². The third-order valence-corrected chi connectivity index (χ3v) is 1.55. The van der Waals surface area contributed by atoms with Crippen molar-refractivity contribution >= 4 is 5.97 Å². The van der Waals surface area contributed by atoms with Crippen LogP contribution in [0.15, 0.2) is 24.3 Å². The first kappa shape index (κ1) is 15.1. The van der Waals surface area contributed by atoms with Crippen molar-refractivity contribution in [3.05, 3.63) is 35.4 Å². The van der Waals surface area contributed by atoms with Gasteiger partial charge < -0.3 is 9.84 Å². The number of benzene rings is 1. The fourth-order valence-corrected chi connectivity index (χ4v) is 0.912. The molecule has 1 N–H and O–H groups in total. The van der Waals surface area contributed by atoms with E-state index < -0.39 is 0 Å². The third-order valence-electron chi connectivity index (χ3n) is 1.55. The van der Waals surface area contributed by atoms with Crippen molar-refractivity contribution in [3.8, 4) is 0 Å². The summed E-state index contributed by atoms with van der Waals surface area (Å²) in [6, 6.07) is 7.34. The summed E-state index contributed by atoms with van der Waals surface area (Å²) in [5.74, 6) is -0.275. The molecule has 0 aromatic heterocycles. The van der Waals surface area contributed by atoms with E-state index in [0.29, 0.717) is 5.56 Å². The largest absolute Gasteiger partial charge is 0.465 e. The molecule has 0 fully saturated rings. The van der Waals surface area contributed by atoms with E-state index in [9.17, 15) is 4.79 Å². The highest BCUT2D eigenvalue weighted by Crippen LogP contribution is 2.07. The van der Waals surface area contributed by atoms with Gasteiger partial charge in [-0.05, 0) is 18.6 Å². The number of carbonyl (C=O) groups is 1. The first-order chi connectivity index (χ1) is 6.25. The number of methoxy groups -OCH3 is 1. The van der Waals surface area contributed by atoms with Crippen molar-refractivity contribution in [2.75, 3.05) is 14.2 Å². The van der Waals surface area contributed by atoms with Gasteiger partial charge in [0.2, 0.25) is 0 Å². The minimum absolute atomic E-state index is 0. The van der Waals surface area contributed by atoms with Crippen LogP contribution >= 0.6 is 0 Å². The van der Waals surface area contributed by atoms with Gasteiger partial charge in [-0.2, -0.15) is 0 Å². The number of hydrogen-bond acceptors (Lipinski definition) is 3. The molecule has 3 nitrogen and oxygen atoms in total. The minimum atomic E-state index is -0.275. The Morgan fingerprint density at radius 3 is 2.21 bits per heavy atom. The predicted molar refractivity (Wildman–Crippen MR) is 57.4 cm³/mol. The summed E-state index contributed by atoms with van der Waals surface area (Å²) in [7, 11) is 2.38. The van der Waals surface area contributed by atoms with E-state index in [1.807, 2.05) is 25.1 Å². The van der Waals surface area contributed by atoms with Crippen molar-refractivity contribution in [1.29, 1.82) is 0 Å². The highest BCUT2D eigenvalue weighted by atomic mass is 16.5. The predicted octanol–water partition coefficient (Wildman–Crippen LogP) is 2.03. The van der Waals surface area contributed by atoms with Gasteiger partial charge in [-0.3, -0.25) is 0 Å². The number of aliphatic hydroxyl groups excluding tert-OH is 1. The zero-order chi connectivity index (χ0) is 10.3. The lowest BCUT2D eigenvalue weighted by Crippen LogP contribution is -2.02. The molecule has 0 saturated heterocycles. The van der Waals surface area contributed by atoms with Gasteiger partial charge in [-0.1, -0.05) is 25.6 Å².